The zero-order chi connectivity index (χ0) is 14.5. The number of nitrogens with zero attached hydrogens (tertiary/aromatic N) is 1. The Morgan fingerprint density at radius 2 is 1.72 bits per heavy atom. The van der Waals surface area contributed by atoms with Gasteiger partial charge in [-0.2, -0.15) is 0 Å². The SMILES string of the molecule is CC(C)CN(CC(N)=O)C(=O)CC(N)C(C)(C)C. The first-order valence-corrected chi connectivity index (χ1v) is 6.35. The van der Waals surface area contributed by atoms with Gasteiger partial charge in [0.2, 0.25) is 11.8 Å². The molecule has 1 atom stereocenters. The molecule has 0 aromatic heterocycles. The third-order valence-corrected chi connectivity index (χ3v) is 2.79. The summed E-state index contributed by atoms with van der Waals surface area (Å²) in [6.07, 6.45) is 0.240. The molecular formula is C13H27N3O2. The van der Waals surface area contributed by atoms with Gasteiger partial charge in [0.05, 0.1) is 6.54 Å². The number of carbonyl (C=O) groups is 2. The molecule has 0 heterocycles. The molecule has 0 fully saturated rings. The fraction of sp³-hybridized carbons (Fsp3) is 0.846. The molecule has 0 rings (SSSR count). The molecule has 18 heavy (non-hydrogen) atoms. The highest BCUT2D eigenvalue weighted by atomic mass is 16.2. The van der Waals surface area contributed by atoms with E-state index in [1.807, 2.05) is 34.6 Å². The number of carbonyl (C=O) groups excluding carboxylic acids is 2. The van der Waals surface area contributed by atoms with Gasteiger partial charge in [0.1, 0.15) is 0 Å². The summed E-state index contributed by atoms with van der Waals surface area (Å²) in [6, 6.07) is -0.229. The number of hydrogen-bond acceptors (Lipinski definition) is 3. The van der Waals surface area contributed by atoms with Crippen molar-refractivity contribution in [3.63, 3.8) is 0 Å². The second-order valence-electron chi connectivity index (χ2n) is 6.31. The maximum absolute atomic E-state index is 12.1. The molecule has 0 radical (unpaired) electrons. The lowest BCUT2D eigenvalue weighted by atomic mass is 9.85. The van der Waals surface area contributed by atoms with Crippen LogP contribution in [0.1, 0.15) is 41.0 Å². The van der Waals surface area contributed by atoms with Crippen LogP contribution in [0.5, 0.6) is 0 Å². The molecule has 5 heteroatoms. The molecule has 106 valence electrons. The van der Waals surface area contributed by atoms with E-state index in [0.717, 1.165) is 0 Å². The molecule has 0 aromatic rings. The van der Waals surface area contributed by atoms with E-state index >= 15 is 0 Å². The molecule has 2 amide bonds. The minimum atomic E-state index is -0.492. The lowest BCUT2D eigenvalue weighted by Gasteiger charge is -2.30. The van der Waals surface area contributed by atoms with Crippen molar-refractivity contribution in [2.45, 2.75) is 47.1 Å². The highest BCUT2D eigenvalue weighted by molar-refractivity contribution is 5.84. The Labute approximate surface area is 110 Å². The van der Waals surface area contributed by atoms with Crippen molar-refractivity contribution >= 4 is 11.8 Å². The molecule has 1 unspecified atom stereocenters. The third kappa shape index (κ3) is 6.59. The van der Waals surface area contributed by atoms with Gasteiger partial charge < -0.3 is 16.4 Å². The lowest BCUT2D eigenvalue weighted by Crippen LogP contribution is -2.45. The van der Waals surface area contributed by atoms with Gasteiger partial charge in [-0.1, -0.05) is 34.6 Å². The van der Waals surface area contributed by atoms with Crippen LogP contribution < -0.4 is 11.5 Å². The smallest absolute Gasteiger partial charge is 0.237 e. The predicted molar refractivity (Wildman–Crippen MR) is 72.7 cm³/mol. The molecule has 4 N–H and O–H groups in total. The average Bonchev–Trinajstić information content (AvgIpc) is 2.13. The number of amides is 2. The highest BCUT2D eigenvalue weighted by Crippen LogP contribution is 2.20. The molecule has 0 aliphatic rings. The first-order valence-electron chi connectivity index (χ1n) is 6.35. The molecule has 0 saturated heterocycles. The largest absolute Gasteiger partial charge is 0.368 e. The van der Waals surface area contributed by atoms with Gasteiger partial charge in [-0.25, -0.2) is 0 Å². The van der Waals surface area contributed by atoms with Gasteiger partial charge >= 0.3 is 0 Å². The van der Waals surface area contributed by atoms with Crippen LogP contribution in [0, 0.1) is 11.3 Å². The Bertz CT molecular complexity index is 295. The van der Waals surface area contributed by atoms with Crippen LogP contribution in [-0.2, 0) is 9.59 Å². The number of hydrogen-bond donors (Lipinski definition) is 2. The number of primary amides is 1. The minimum Gasteiger partial charge on any atom is -0.368 e. The van der Waals surface area contributed by atoms with Gasteiger partial charge in [0.15, 0.2) is 0 Å². The second-order valence-corrected chi connectivity index (χ2v) is 6.31. The molecule has 0 aromatic carbocycles. The topological polar surface area (TPSA) is 89.4 Å². The van der Waals surface area contributed by atoms with E-state index in [1.54, 1.807) is 0 Å². The van der Waals surface area contributed by atoms with E-state index in [0.29, 0.717) is 12.5 Å². The van der Waals surface area contributed by atoms with Crippen LogP contribution in [-0.4, -0.2) is 35.8 Å². The van der Waals surface area contributed by atoms with E-state index < -0.39 is 5.91 Å². The van der Waals surface area contributed by atoms with Crippen molar-refractivity contribution in [1.82, 2.24) is 4.90 Å². The minimum absolute atomic E-state index is 0.0339. The first kappa shape index (κ1) is 16.9. The Kier molecular flexibility index (Phi) is 6.32. The quantitative estimate of drug-likeness (QED) is 0.734. The zero-order valence-electron chi connectivity index (χ0n) is 12.2. The standard InChI is InChI=1S/C13H27N3O2/c1-9(2)7-16(8-11(15)17)12(18)6-10(14)13(3,4)5/h9-10H,6-8,14H2,1-5H3,(H2,15,17). The third-order valence-electron chi connectivity index (χ3n) is 2.79. The van der Waals surface area contributed by atoms with Gasteiger partial charge in [-0.15, -0.1) is 0 Å². The molecular weight excluding hydrogens is 230 g/mol. The van der Waals surface area contributed by atoms with Crippen molar-refractivity contribution in [1.29, 1.82) is 0 Å². The predicted octanol–water partition coefficient (Wildman–Crippen LogP) is 0.720. The Morgan fingerprint density at radius 3 is 2.06 bits per heavy atom. The number of rotatable bonds is 6. The Morgan fingerprint density at radius 1 is 1.22 bits per heavy atom. The second kappa shape index (κ2) is 6.73. The molecule has 0 aliphatic heterocycles. The summed E-state index contributed by atoms with van der Waals surface area (Å²) < 4.78 is 0. The average molecular weight is 257 g/mol. The summed E-state index contributed by atoms with van der Waals surface area (Å²) in [4.78, 5) is 24.6. The fourth-order valence-corrected chi connectivity index (χ4v) is 1.51. The van der Waals surface area contributed by atoms with E-state index in [-0.39, 0.29) is 30.3 Å². The Balaban J connectivity index is 4.60. The van der Waals surface area contributed by atoms with Gasteiger partial charge in [0.25, 0.3) is 0 Å². The number of nitrogens with two attached hydrogens (primary N) is 2. The van der Waals surface area contributed by atoms with Crippen molar-refractivity contribution in [3.8, 4) is 0 Å². The van der Waals surface area contributed by atoms with Crippen LogP contribution in [0.25, 0.3) is 0 Å². The van der Waals surface area contributed by atoms with Gasteiger partial charge in [0, 0.05) is 19.0 Å². The summed E-state index contributed by atoms with van der Waals surface area (Å²) in [6.45, 7) is 10.5. The summed E-state index contributed by atoms with van der Waals surface area (Å²) in [5.74, 6) is -0.308. The highest BCUT2D eigenvalue weighted by Gasteiger charge is 2.26. The van der Waals surface area contributed by atoms with Gasteiger partial charge in [-0.3, -0.25) is 9.59 Å². The van der Waals surface area contributed by atoms with E-state index in [1.165, 1.54) is 4.90 Å². The van der Waals surface area contributed by atoms with E-state index in [2.05, 4.69) is 0 Å². The summed E-state index contributed by atoms with van der Waals surface area (Å²) in [5.41, 5.74) is 11.0. The van der Waals surface area contributed by atoms with Crippen LogP contribution >= 0.6 is 0 Å². The fourth-order valence-electron chi connectivity index (χ4n) is 1.51. The molecule has 0 spiro atoms. The molecule has 5 nitrogen and oxygen atoms in total. The zero-order valence-corrected chi connectivity index (χ0v) is 12.2. The van der Waals surface area contributed by atoms with E-state index in [9.17, 15) is 9.59 Å². The lowest BCUT2D eigenvalue weighted by molar-refractivity contribution is -0.136. The monoisotopic (exact) mass is 257 g/mol. The van der Waals surface area contributed by atoms with Crippen LogP contribution in [0.2, 0.25) is 0 Å². The summed E-state index contributed by atoms with van der Waals surface area (Å²) in [5, 5.41) is 0. The normalized spacial score (nSPS) is 13.5. The van der Waals surface area contributed by atoms with E-state index in [4.69, 9.17) is 11.5 Å². The van der Waals surface area contributed by atoms with Crippen LogP contribution in [0.3, 0.4) is 0 Å². The maximum Gasteiger partial charge on any atom is 0.237 e. The summed E-state index contributed by atoms with van der Waals surface area (Å²) >= 11 is 0. The van der Waals surface area contributed by atoms with Crippen LogP contribution in [0.4, 0.5) is 0 Å². The van der Waals surface area contributed by atoms with Crippen molar-refractivity contribution in [3.05, 3.63) is 0 Å². The Hall–Kier alpha value is -1.10. The molecule has 0 saturated carbocycles. The summed E-state index contributed by atoms with van der Waals surface area (Å²) in [7, 11) is 0. The molecule has 0 aliphatic carbocycles. The van der Waals surface area contributed by atoms with Crippen molar-refractivity contribution in [2.24, 2.45) is 22.8 Å². The first-order chi connectivity index (χ1) is 8.04. The van der Waals surface area contributed by atoms with Crippen molar-refractivity contribution in [2.75, 3.05) is 13.1 Å². The maximum atomic E-state index is 12.1. The molecule has 0 bridgehead atoms. The van der Waals surface area contributed by atoms with Crippen molar-refractivity contribution < 1.29 is 9.59 Å². The van der Waals surface area contributed by atoms with Gasteiger partial charge in [-0.05, 0) is 11.3 Å². The van der Waals surface area contributed by atoms with Crippen LogP contribution in [0.15, 0.2) is 0 Å².